The Morgan fingerprint density at radius 1 is 0.943 bits per heavy atom. The lowest BCUT2D eigenvalue weighted by Gasteiger charge is -2.19. The number of rotatable bonds is 6. The quantitative estimate of drug-likeness (QED) is 0.423. The number of para-hydroxylation sites is 2. The van der Waals surface area contributed by atoms with Gasteiger partial charge in [-0.1, -0.05) is 12.1 Å². The van der Waals surface area contributed by atoms with Crippen LogP contribution in [-0.4, -0.2) is 37.1 Å². The summed E-state index contributed by atoms with van der Waals surface area (Å²) in [5, 5.41) is 2.71. The van der Waals surface area contributed by atoms with Crippen molar-refractivity contribution in [2.75, 3.05) is 23.3 Å². The molecule has 0 aliphatic carbocycles. The maximum Gasteiger partial charge on any atom is 0.269 e. The standard InChI is InChI=1S/C24H20N4O6S/c29-23(15-28-20-4-2-1-3-19(20)25-14-24(28)30)26-16-5-7-17(8-6-16)27-35(31,32)18-9-10-21-22(13-18)34-12-11-33-21/h1-10,13-14,27H,11-12,15H2,(H,26,29). The number of benzene rings is 3. The minimum atomic E-state index is -3.87. The molecule has 0 radical (unpaired) electrons. The molecule has 2 N–H and O–H groups in total. The summed E-state index contributed by atoms with van der Waals surface area (Å²) in [5.41, 5.74) is 1.54. The third kappa shape index (κ3) is 4.80. The summed E-state index contributed by atoms with van der Waals surface area (Å²) in [4.78, 5) is 28.9. The van der Waals surface area contributed by atoms with Crippen LogP contribution in [0.15, 0.2) is 82.6 Å². The third-order valence-electron chi connectivity index (χ3n) is 5.30. The molecule has 0 fully saturated rings. The Morgan fingerprint density at radius 2 is 1.66 bits per heavy atom. The highest BCUT2D eigenvalue weighted by atomic mass is 32.2. The van der Waals surface area contributed by atoms with Crippen molar-refractivity contribution in [2.24, 2.45) is 0 Å². The zero-order valence-corrected chi connectivity index (χ0v) is 19.1. The highest BCUT2D eigenvalue weighted by molar-refractivity contribution is 7.92. The van der Waals surface area contributed by atoms with Crippen LogP contribution in [0.4, 0.5) is 11.4 Å². The molecule has 0 spiro atoms. The number of hydrogen-bond donors (Lipinski definition) is 2. The molecule has 1 amide bonds. The Bertz CT molecular complexity index is 1580. The predicted octanol–water partition coefficient (Wildman–Crippen LogP) is 2.61. The summed E-state index contributed by atoms with van der Waals surface area (Å²) < 4.78 is 40.3. The lowest BCUT2D eigenvalue weighted by molar-refractivity contribution is -0.116. The van der Waals surface area contributed by atoms with Gasteiger partial charge in [-0.2, -0.15) is 0 Å². The van der Waals surface area contributed by atoms with Crippen LogP contribution in [0.2, 0.25) is 0 Å². The van der Waals surface area contributed by atoms with Gasteiger partial charge in [0.1, 0.15) is 19.8 Å². The SMILES string of the molecule is O=C(Cn1c(=O)cnc2ccccc21)Nc1ccc(NS(=O)(=O)c2ccc3c(c2)OCCO3)cc1. The molecule has 3 aromatic carbocycles. The van der Waals surface area contributed by atoms with Crippen LogP contribution in [0.1, 0.15) is 0 Å². The normalized spacial score (nSPS) is 12.8. The fourth-order valence-corrected chi connectivity index (χ4v) is 4.72. The molecule has 35 heavy (non-hydrogen) atoms. The number of fused-ring (bicyclic) bond motifs is 2. The summed E-state index contributed by atoms with van der Waals surface area (Å²) in [6, 6.07) is 17.6. The van der Waals surface area contributed by atoms with Gasteiger partial charge in [0.2, 0.25) is 5.91 Å². The van der Waals surface area contributed by atoms with E-state index < -0.39 is 15.9 Å². The number of aromatic nitrogens is 2. The molecule has 4 aromatic rings. The van der Waals surface area contributed by atoms with E-state index >= 15 is 0 Å². The fraction of sp³-hybridized carbons (Fsp3) is 0.125. The highest BCUT2D eigenvalue weighted by Gasteiger charge is 2.19. The van der Waals surface area contributed by atoms with E-state index in [2.05, 4.69) is 15.0 Å². The van der Waals surface area contributed by atoms with E-state index in [1.165, 1.54) is 35.0 Å². The first-order valence-corrected chi connectivity index (χ1v) is 12.1. The van der Waals surface area contributed by atoms with Crippen LogP contribution in [-0.2, 0) is 21.4 Å². The van der Waals surface area contributed by atoms with Gasteiger partial charge in [-0.3, -0.25) is 18.9 Å². The number of sulfonamides is 1. The van der Waals surface area contributed by atoms with Gasteiger partial charge in [-0.05, 0) is 48.5 Å². The fourth-order valence-electron chi connectivity index (χ4n) is 3.65. The van der Waals surface area contributed by atoms with Crippen molar-refractivity contribution in [1.82, 2.24) is 9.55 Å². The molecular weight excluding hydrogens is 472 g/mol. The van der Waals surface area contributed by atoms with E-state index in [4.69, 9.17) is 9.47 Å². The second-order valence-electron chi connectivity index (χ2n) is 7.71. The van der Waals surface area contributed by atoms with Crippen LogP contribution < -0.4 is 25.1 Å². The number of anilines is 2. The van der Waals surface area contributed by atoms with Gasteiger partial charge in [0.05, 0.1) is 22.1 Å². The smallest absolute Gasteiger partial charge is 0.269 e. The molecule has 1 aliphatic heterocycles. The molecule has 5 rings (SSSR count). The van der Waals surface area contributed by atoms with Crippen molar-refractivity contribution >= 4 is 38.3 Å². The predicted molar refractivity (Wildman–Crippen MR) is 129 cm³/mol. The Morgan fingerprint density at radius 3 is 2.46 bits per heavy atom. The van der Waals surface area contributed by atoms with Crippen molar-refractivity contribution in [1.29, 1.82) is 0 Å². The second-order valence-corrected chi connectivity index (χ2v) is 9.39. The summed E-state index contributed by atoms with van der Waals surface area (Å²) in [6.07, 6.45) is 1.18. The van der Waals surface area contributed by atoms with Crippen LogP contribution in [0.3, 0.4) is 0 Å². The number of nitrogens with zero attached hydrogens (tertiary/aromatic N) is 2. The molecule has 0 bridgehead atoms. The van der Waals surface area contributed by atoms with E-state index in [1.54, 1.807) is 42.5 Å². The van der Waals surface area contributed by atoms with E-state index in [9.17, 15) is 18.0 Å². The zero-order chi connectivity index (χ0) is 24.4. The number of nitrogens with one attached hydrogen (secondary N) is 2. The Kier molecular flexibility index (Phi) is 5.83. The topological polar surface area (TPSA) is 129 Å². The van der Waals surface area contributed by atoms with Crippen LogP contribution in [0.25, 0.3) is 11.0 Å². The molecule has 0 unspecified atom stereocenters. The van der Waals surface area contributed by atoms with Gasteiger partial charge < -0.3 is 14.8 Å². The lowest BCUT2D eigenvalue weighted by Crippen LogP contribution is -2.27. The van der Waals surface area contributed by atoms with E-state index in [1.807, 2.05) is 0 Å². The van der Waals surface area contributed by atoms with Gasteiger partial charge in [-0.25, -0.2) is 13.4 Å². The summed E-state index contributed by atoms with van der Waals surface area (Å²) in [6.45, 7) is 0.569. The highest BCUT2D eigenvalue weighted by Crippen LogP contribution is 2.32. The zero-order valence-electron chi connectivity index (χ0n) is 18.3. The van der Waals surface area contributed by atoms with Crippen molar-refractivity contribution in [3.05, 3.63) is 83.3 Å². The Balaban J connectivity index is 1.27. The number of amides is 1. The average molecular weight is 493 g/mol. The summed E-state index contributed by atoms with van der Waals surface area (Å²) in [7, 11) is -3.87. The number of carbonyl (C=O) groups excluding carboxylic acids is 1. The summed E-state index contributed by atoms with van der Waals surface area (Å²) in [5.74, 6) is 0.462. The maximum absolute atomic E-state index is 12.8. The molecule has 1 aromatic heterocycles. The van der Waals surface area contributed by atoms with Gasteiger partial charge in [0, 0.05) is 17.4 Å². The van der Waals surface area contributed by atoms with Crippen molar-refractivity contribution < 1.29 is 22.7 Å². The molecule has 0 saturated carbocycles. The van der Waals surface area contributed by atoms with Gasteiger partial charge in [0.15, 0.2) is 11.5 Å². The molecule has 11 heteroatoms. The van der Waals surface area contributed by atoms with E-state index in [0.29, 0.717) is 47.1 Å². The molecule has 0 atom stereocenters. The largest absolute Gasteiger partial charge is 0.486 e. The molecule has 2 heterocycles. The molecule has 10 nitrogen and oxygen atoms in total. The van der Waals surface area contributed by atoms with E-state index in [0.717, 1.165) is 0 Å². The molecule has 1 aliphatic rings. The van der Waals surface area contributed by atoms with Crippen LogP contribution in [0.5, 0.6) is 11.5 Å². The molecule has 178 valence electrons. The van der Waals surface area contributed by atoms with Crippen LogP contribution >= 0.6 is 0 Å². The molecule has 0 saturated heterocycles. The number of carbonyl (C=O) groups is 1. The monoisotopic (exact) mass is 492 g/mol. The number of ether oxygens (including phenoxy) is 2. The molecular formula is C24H20N4O6S. The maximum atomic E-state index is 12.8. The minimum Gasteiger partial charge on any atom is -0.486 e. The first-order valence-electron chi connectivity index (χ1n) is 10.7. The Hall–Kier alpha value is -4.38. The summed E-state index contributed by atoms with van der Waals surface area (Å²) >= 11 is 0. The Labute approximate surface area is 200 Å². The van der Waals surface area contributed by atoms with E-state index in [-0.39, 0.29) is 17.0 Å². The minimum absolute atomic E-state index is 0.0362. The second kappa shape index (κ2) is 9.11. The van der Waals surface area contributed by atoms with Gasteiger partial charge >= 0.3 is 0 Å². The van der Waals surface area contributed by atoms with Gasteiger partial charge in [-0.15, -0.1) is 0 Å². The first-order chi connectivity index (χ1) is 16.9. The van der Waals surface area contributed by atoms with Crippen molar-refractivity contribution in [3.8, 4) is 11.5 Å². The van der Waals surface area contributed by atoms with Crippen molar-refractivity contribution in [3.63, 3.8) is 0 Å². The first kappa shape index (κ1) is 22.4. The van der Waals surface area contributed by atoms with Crippen molar-refractivity contribution in [2.45, 2.75) is 11.4 Å². The average Bonchev–Trinajstić information content (AvgIpc) is 2.86. The third-order valence-corrected chi connectivity index (χ3v) is 6.68. The van der Waals surface area contributed by atoms with Crippen LogP contribution in [0, 0.1) is 0 Å². The lowest BCUT2D eigenvalue weighted by atomic mass is 10.2. The number of hydrogen-bond acceptors (Lipinski definition) is 7. The van der Waals surface area contributed by atoms with Gasteiger partial charge in [0.25, 0.3) is 15.6 Å².